The number of sulfonamides is 1. The van der Waals surface area contributed by atoms with Crippen LogP contribution < -0.4 is 15.4 Å². The number of pyridine rings is 1. The quantitative estimate of drug-likeness (QED) is 0.542. The Morgan fingerprint density at radius 3 is 2.48 bits per heavy atom. The van der Waals surface area contributed by atoms with Gasteiger partial charge in [0.2, 0.25) is 5.91 Å². The number of nitrogens with zero attached hydrogens (tertiary/aromatic N) is 2. The van der Waals surface area contributed by atoms with Crippen LogP contribution >= 0.6 is 34.5 Å². The number of carbonyl (C=O) groups is 2. The summed E-state index contributed by atoms with van der Waals surface area (Å²) in [7, 11) is -3.97. The van der Waals surface area contributed by atoms with Crippen molar-refractivity contribution >= 4 is 67.9 Å². The van der Waals surface area contributed by atoms with Crippen molar-refractivity contribution in [2.75, 3.05) is 23.7 Å². The molecular formula is C18H20Cl2N4O5S2. The number of anilines is 2. The van der Waals surface area contributed by atoms with Crippen LogP contribution in [0.5, 0.6) is 0 Å². The van der Waals surface area contributed by atoms with Crippen LogP contribution in [0.3, 0.4) is 0 Å². The van der Waals surface area contributed by atoms with E-state index in [9.17, 15) is 23.1 Å². The van der Waals surface area contributed by atoms with Crippen LogP contribution in [0.4, 0.5) is 11.5 Å². The van der Waals surface area contributed by atoms with Gasteiger partial charge in [-0.15, -0.1) is 11.3 Å². The Morgan fingerprint density at radius 1 is 1.32 bits per heavy atom. The number of nitrogens with two attached hydrogens (primary N) is 1. The fourth-order valence-corrected chi connectivity index (χ4v) is 6.17. The van der Waals surface area contributed by atoms with Gasteiger partial charge in [-0.25, -0.2) is 22.9 Å². The van der Waals surface area contributed by atoms with Gasteiger partial charge in [0.1, 0.15) is 20.6 Å². The summed E-state index contributed by atoms with van der Waals surface area (Å²) in [6, 6.07) is 2.79. The average molecular weight is 507 g/mol. The second-order valence-electron chi connectivity index (χ2n) is 6.93. The number of hydrogen-bond donors (Lipinski definition) is 3. The van der Waals surface area contributed by atoms with E-state index in [1.165, 1.54) is 12.1 Å². The summed E-state index contributed by atoms with van der Waals surface area (Å²) >= 11 is 12.9. The van der Waals surface area contributed by atoms with Crippen LogP contribution in [0.25, 0.3) is 0 Å². The van der Waals surface area contributed by atoms with Crippen LogP contribution in [0.1, 0.15) is 35.8 Å². The highest BCUT2D eigenvalue weighted by molar-refractivity contribution is 7.92. The molecule has 31 heavy (non-hydrogen) atoms. The van der Waals surface area contributed by atoms with E-state index in [1.807, 2.05) is 4.90 Å². The molecule has 9 nitrogen and oxygen atoms in total. The molecule has 0 saturated carbocycles. The summed E-state index contributed by atoms with van der Waals surface area (Å²) in [5.74, 6) is -1.93. The molecule has 0 unspecified atom stereocenters. The smallest absolute Gasteiger partial charge is 0.339 e. The van der Waals surface area contributed by atoms with Crippen LogP contribution in [0.15, 0.2) is 16.3 Å². The van der Waals surface area contributed by atoms with Gasteiger partial charge in [0.15, 0.2) is 0 Å². The zero-order chi connectivity index (χ0) is 22.9. The molecule has 0 spiro atoms. The number of carboxylic acid groups (broad SMARTS) is 1. The molecule has 1 fully saturated rings. The van der Waals surface area contributed by atoms with Gasteiger partial charge in [-0.1, -0.05) is 30.1 Å². The summed E-state index contributed by atoms with van der Waals surface area (Å²) in [5.41, 5.74) is 6.12. The number of hydrogen-bond acceptors (Lipinski definition) is 8. The minimum Gasteiger partial charge on any atom is -0.478 e. The lowest BCUT2D eigenvalue weighted by molar-refractivity contribution is -0.123. The number of amides is 1. The van der Waals surface area contributed by atoms with Crippen molar-refractivity contribution in [3.8, 4) is 0 Å². The number of carbonyl (C=O) groups excluding carboxylic acids is 1. The number of aryl methyl sites for hydroxylation is 1. The van der Waals surface area contributed by atoms with Crippen molar-refractivity contribution in [3.63, 3.8) is 0 Å². The van der Waals surface area contributed by atoms with Crippen molar-refractivity contribution in [1.29, 1.82) is 0 Å². The standard InChI is InChI=1S/C18H20Cl2N4O5S2/c1-2-10-13(18(26)27)15(21)14(20)16(22-10)24-7-5-9(6-8-24)17(25)23-31(28,29)12-4-3-11(19)30-12/h3-4,9H,2,5-8H2,1H3,(H2,21,22)(H,23,25)(H,26,27). The Morgan fingerprint density at radius 2 is 1.97 bits per heavy atom. The highest BCUT2D eigenvalue weighted by Gasteiger charge is 2.31. The summed E-state index contributed by atoms with van der Waals surface area (Å²) < 4.78 is 27.1. The number of nitrogen functional groups attached to an aromatic ring is 1. The Balaban J connectivity index is 1.72. The maximum absolute atomic E-state index is 12.5. The molecule has 168 valence electrons. The first-order valence-corrected chi connectivity index (χ1v) is 12.4. The lowest BCUT2D eigenvalue weighted by Crippen LogP contribution is -2.42. The largest absolute Gasteiger partial charge is 0.478 e. The highest BCUT2D eigenvalue weighted by atomic mass is 35.5. The van der Waals surface area contributed by atoms with Crippen molar-refractivity contribution in [2.24, 2.45) is 5.92 Å². The van der Waals surface area contributed by atoms with Crippen molar-refractivity contribution in [2.45, 2.75) is 30.4 Å². The summed E-state index contributed by atoms with van der Waals surface area (Å²) in [4.78, 5) is 30.2. The second kappa shape index (κ2) is 9.19. The molecular weight excluding hydrogens is 487 g/mol. The van der Waals surface area contributed by atoms with Gasteiger partial charge in [-0.2, -0.15) is 0 Å². The van der Waals surface area contributed by atoms with E-state index in [0.717, 1.165) is 11.3 Å². The average Bonchev–Trinajstić information content (AvgIpc) is 3.16. The number of halogens is 2. The summed E-state index contributed by atoms with van der Waals surface area (Å²) in [6.45, 7) is 2.53. The van der Waals surface area contributed by atoms with Crippen LogP contribution in [0.2, 0.25) is 9.36 Å². The Bertz CT molecular complexity index is 1130. The van der Waals surface area contributed by atoms with Crippen molar-refractivity contribution in [3.05, 3.63) is 32.7 Å². The van der Waals surface area contributed by atoms with E-state index in [1.54, 1.807) is 6.92 Å². The number of thiophene rings is 1. The minimum atomic E-state index is -3.97. The van der Waals surface area contributed by atoms with Crippen molar-refractivity contribution < 1.29 is 23.1 Å². The van der Waals surface area contributed by atoms with Gasteiger partial charge in [-0.3, -0.25) is 4.79 Å². The monoisotopic (exact) mass is 506 g/mol. The van der Waals surface area contributed by atoms with Crippen LogP contribution in [-0.2, 0) is 21.2 Å². The third-order valence-corrected chi connectivity index (χ3v) is 8.44. The number of aromatic carboxylic acids is 1. The molecule has 3 heterocycles. The highest BCUT2D eigenvalue weighted by Crippen LogP contribution is 2.36. The molecule has 1 amide bonds. The molecule has 3 rings (SSSR count). The Labute approximate surface area is 193 Å². The molecule has 2 aromatic heterocycles. The van der Waals surface area contributed by atoms with Gasteiger partial charge >= 0.3 is 5.97 Å². The van der Waals surface area contributed by atoms with Gasteiger partial charge in [0.05, 0.1) is 15.7 Å². The molecule has 0 aliphatic carbocycles. The molecule has 0 atom stereocenters. The van der Waals surface area contributed by atoms with Gasteiger partial charge in [0, 0.05) is 19.0 Å². The number of carboxylic acids is 1. The molecule has 0 radical (unpaired) electrons. The molecule has 0 aromatic carbocycles. The first-order chi connectivity index (χ1) is 14.5. The van der Waals surface area contributed by atoms with E-state index < -0.39 is 27.8 Å². The predicted molar refractivity (Wildman–Crippen MR) is 120 cm³/mol. The number of aromatic nitrogens is 1. The fraction of sp³-hybridized carbons (Fsp3) is 0.389. The van der Waals surface area contributed by atoms with E-state index in [2.05, 4.69) is 9.71 Å². The lowest BCUT2D eigenvalue weighted by atomic mass is 9.96. The Kier molecular flexibility index (Phi) is 6.99. The normalized spacial score (nSPS) is 15.1. The molecule has 1 aliphatic rings. The third-order valence-electron chi connectivity index (χ3n) is 4.99. The Hall–Kier alpha value is -2.08. The summed E-state index contributed by atoms with van der Waals surface area (Å²) in [5, 5.41) is 9.43. The zero-order valence-electron chi connectivity index (χ0n) is 16.4. The van der Waals surface area contributed by atoms with E-state index in [0.29, 0.717) is 48.2 Å². The summed E-state index contributed by atoms with van der Waals surface area (Å²) in [6.07, 6.45) is 1.10. The molecule has 0 bridgehead atoms. The van der Waals surface area contributed by atoms with Gasteiger partial charge in [0.25, 0.3) is 10.0 Å². The lowest BCUT2D eigenvalue weighted by Gasteiger charge is -2.33. The molecule has 1 saturated heterocycles. The predicted octanol–water partition coefficient (Wildman–Crippen LogP) is 3.01. The maximum Gasteiger partial charge on any atom is 0.339 e. The number of piperidine rings is 1. The molecule has 4 N–H and O–H groups in total. The maximum atomic E-state index is 12.5. The molecule has 2 aromatic rings. The van der Waals surface area contributed by atoms with Gasteiger partial charge in [-0.05, 0) is 31.4 Å². The molecule has 13 heteroatoms. The second-order valence-corrected chi connectivity index (χ2v) is 10.9. The first kappa shape index (κ1) is 23.6. The van der Waals surface area contributed by atoms with Crippen molar-refractivity contribution in [1.82, 2.24) is 9.71 Å². The zero-order valence-corrected chi connectivity index (χ0v) is 19.5. The number of rotatable bonds is 6. The topological polar surface area (TPSA) is 143 Å². The number of nitrogens with one attached hydrogen (secondary N) is 1. The third kappa shape index (κ3) is 4.89. The van der Waals surface area contributed by atoms with Crippen LogP contribution in [-0.4, -0.2) is 43.5 Å². The first-order valence-electron chi connectivity index (χ1n) is 9.33. The molecule has 1 aliphatic heterocycles. The fourth-order valence-electron chi connectivity index (χ4n) is 3.38. The van der Waals surface area contributed by atoms with E-state index in [-0.39, 0.29) is 20.5 Å². The van der Waals surface area contributed by atoms with Crippen LogP contribution in [0, 0.1) is 5.92 Å². The van der Waals surface area contributed by atoms with E-state index in [4.69, 9.17) is 28.9 Å². The van der Waals surface area contributed by atoms with Gasteiger partial charge < -0.3 is 15.7 Å². The van der Waals surface area contributed by atoms with E-state index >= 15 is 0 Å². The SMILES string of the molecule is CCc1nc(N2CCC(C(=O)NS(=O)(=O)c3ccc(Cl)s3)CC2)c(Cl)c(N)c1C(=O)O. The minimum absolute atomic E-state index is 0.0274.